The van der Waals surface area contributed by atoms with Crippen LogP contribution in [0.15, 0.2) is 12.1 Å². The maximum absolute atomic E-state index is 13.2. The van der Waals surface area contributed by atoms with Gasteiger partial charge in [-0.1, -0.05) is 0 Å². The van der Waals surface area contributed by atoms with Gasteiger partial charge < -0.3 is 4.74 Å². The molecule has 0 aliphatic carbocycles. The fourth-order valence-corrected chi connectivity index (χ4v) is 2.03. The second-order valence-electron chi connectivity index (χ2n) is 2.47. The Hall–Kier alpha value is 0.0800. The fraction of sp³-hybridized carbons (Fsp3) is 0.222. The molecular weight excluding hydrogens is 413 g/mol. The van der Waals surface area contributed by atoms with Gasteiger partial charge in [0.2, 0.25) is 0 Å². The molecule has 1 rings (SSSR count). The van der Waals surface area contributed by atoms with Crippen molar-refractivity contribution in [3.8, 4) is 0 Å². The predicted octanol–water partition coefficient (Wildman–Crippen LogP) is 3.21. The normalized spacial score (nSPS) is 10.0. The van der Waals surface area contributed by atoms with Gasteiger partial charge in [-0.2, -0.15) is 0 Å². The highest BCUT2D eigenvalue weighted by Crippen LogP contribution is 2.20. The topological polar surface area (TPSA) is 26.3 Å². The van der Waals surface area contributed by atoms with E-state index in [9.17, 15) is 9.18 Å². The minimum Gasteiger partial charge on any atom is -0.462 e. The van der Waals surface area contributed by atoms with E-state index in [1.54, 1.807) is 35.6 Å². The highest BCUT2D eigenvalue weighted by molar-refractivity contribution is 14.1. The van der Waals surface area contributed by atoms with Crippen LogP contribution in [0.4, 0.5) is 4.39 Å². The maximum atomic E-state index is 13.2. The highest BCUT2D eigenvalue weighted by atomic mass is 127. The van der Waals surface area contributed by atoms with E-state index in [0.717, 1.165) is 0 Å². The summed E-state index contributed by atoms with van der Waals surface area (Å²) in [5, 5.41) is 0. The van der Waals surface area contributed by atoms with E-state index in [2.05, 4.69) is 0 Å². The summed E-state index contributed by atoms with van der Waals surface area (Å²) in [6.45, 7) is 2.01. The molecule has 0 amide bonds. The molecule has 0 fully saturated rings. The number of hydrogen-bond acceptors (Lipinski definition) is 2. The molecular formula is C9H7FI2O2. The van der Waals surface area contributed by atoms with E-state index in [-0.39, 0.29) is 11.4 Å². The van der Waals surface area contributed by atoms with Crippen molar-refractivity contribution in [1.29, 1.82) is 0 Å². The largest absolute Gasteiger partial charge is 0.462 e. The van der Waals surface area contributed by atoms with Gasteiger partial charge in [0.15, 0.2) is 0 Å². The lowest BCUT2D eigenvalue weighted by molar-refractivity contribution is 0.0524. The zero-order chi connectivity index (χ0) is 10.7. The van der Waals surface area contributed by atoms with Gasteiger partial charge in [0, 0.05) is 3.57 Å². The molecule has 0 saturated heterocycles. The van der Waals surface area contributed by atoms with E-state index in [1.807, 2.05) is 22.6 Å². The van der Waals surface area contributed by atoms with Crippen LogP contribution in [0.2, 0.25) is 0 Å². The zero-order valence-electron chi connectivity index (χ0n) is 7.31. The summed E-state index contributed by atoms with van der Waals surface area (Å²) in [7, 11) is 0. The van der Waals surface area contributed by atoms with E-state index >= 15 is 0 Å². The number of halogens is 3. The molecule has 0 aromatic heterocycles. The Labute approximate surface area is 108 Å². The summed E-state index contributed by atoms with van der Waals surface area (Å²) in [5.74, 6) is -0.866. The molecule has 14 heavy (non-hydrogen) atoms. The van der Waals surface area contributed by atoms with Gasteiger partial charge >= 0.3 is 5.97 Å². The van der Waals surface area contributed by atoms with Crippen molar-refractivity contribution in [1.82, 2.24) is 0 Å². The zero-order valence-corrected chi connectivity index (χ0v) is 11.6. The van der Waals surface area contributed by atoms with Gasteiger partial charge in [-0.15, -0.1) is 0 Å². The average Bonchev–Trinajstić information content (AvgIpc) is 2.11. The fourth-order valence-electron chi connectivity index (χ4n) is 0.913. The van der Waals surface area contributed by atoms with Crippen molar-refractivity contribution in [3.63, 3.8) is 0 Å². The standard InChI is InChI=1S/C9H7FI2O2/c1-2-14-9(13)6-3-5(11)4-7(10)8(6)12/h3-4H,2H2,1H3. The number of hydrogen-bond donors (Lipinski definition) is 0. The quantitative estimate of drug-likeness (QED) is 0.418. The summed E-state index contributed by atoms with van der Waals surface area (Å²) in [5.41, 5.74) is 0.289. The summed E-state index contributed by atoms with van der Waals surface area (Å²) >= 11 is 3.76. The van der Waals surface area contributed by atoms with Crippen molar-refractivity contribution in [2.24, 2.45) is 0 Å². The van der Waals surface area contributed by atoms with Crippen LogP contribution in [0, 0.1) is 13.0 Å². The molecule has 0 saturated carbocycles. The van der Waals surface area contributed by atoms with Crippen LogP contribution in [0.1, 0.15) is 17.3 Å². The highest BCUT2D eigenvalue weighted by Gasteiger charge is 2.15. The molecule has 5 heteroatoms. The van der Waals surface area contributed by atoms with Gasteiger partial charge in [0.25, 0.3) is 0 Å². The third kappa shape index (κ3) is 2.78. The monoisotopic (exact) mass is 420 g/mol. The van der Waals surface area contributed by atoms with Gasteiger partial charge in [-0.25, -0.2) is 9.18 Å². The van der Waals surface area contributed by atoms with E-state index in [4.69, 9.17) is 4.74 Å². The lowest BCUT2D eigenvalue weighted by Gasteiger charge is -2.05. The van der Waals surface area contributed by atoms with Gasteiger partial charge in [0.1, 0.15) is 5.82 Å². The SMILES string of the molecule is CCOC(=O)c1cc(I)cc(F)c1I. The Morgan fingerprint density at radius 1 is 1.50 bits per heavy atom. The van der Waals surface area contributed by atoms with Crippen LogP contribution in [0.25, 0.3) is 0 Å². The number of carbonyl (C=O) groups excluding carboxylic acids is 1. The Balaban J connectivity index is 3.13. The van der Waals surface area contributed by atoms with Gasteiger partial charge in [-0.05, 0) is 64.2 Å². The van der Waals surface area contributed by atoms with Gasteiger partial charge in [0.05, 0.1) is 15.7 Å². The van der Waals surface area contributed by atoms with Crippen LogP contribution >= 0.6 is 45.2 Å². The lowest BCUT2D eigenvalue weighted by atomic mass is 10.2. The molecule has 1 aromatic rings. The molecule has 0 N–H and O–H groups in total. The van der Waals surface area contributed by atoms with Crippen molar-refractivity contribution in [2.45, 2.75) is 6.92 Å². The second-order valence-corrected chi connectivity index (χ2v) is 4.79. The first kappa shape index (κ1) is 12.2. The third-order valence-electron chi connectivity index (χ3n) is 1.49. The molecule has 1 aromatic carbocycles. The van der Waals surface area contributed by atoms with Crippen LogP contribution in [0.3, 0.4) is 0 Å². The first-order valence-electron chi connectivity index (χ1n) is 3.88. The summed E-state index contributed by atoms with van der Waals surface area (Å²) < 4.78 is 19.0. The smallest absolute Gasteiger partial charge is 0.339 e. The minimum absolute atomic E-state index is 0.289. The number of benzene rings is 1. The van der Waals surface area contributed by atoms with Crippen molar-refractivity contribution in [2.75, 3.05) is 6.61 Å². The second kappa shape index (κ2) is 5.24. The first-order chi connectivity index (χ1) is 6.56. The van der Waals surface area contributed by atoms with Crippen LogP contribution in [-0.2, 0) is 4.74 Å². The third-order valence-corrected chi connectivity index (χ3v) is 3.21. The van der Waals surface area contributed by atoms with Crippen LogP contribution in [-0.4, -0.2) is 12.6 Å². The van der Waals surface area contributed by atoms with E-state index < -0.39 is 5.97 Å². The molecule has 0 radical (unpaired) electrons. The van der Waals surface area contributed by atoms with Crippen LogP contribution in [0.5, 0.6) is 0 Å². The van der Waals surface area contributed by atoms with Gasteiger partial charge in [-0.3, -0.25) is 0 Å². The average molecular weight is 420 g/mol. The molecule has 2 nitrogen and oxygen atoms in total. The molecule has 0 aliphatic heterocycles. The van der Waals surface area contributed by atoms with Crippen molar-refractivity contribution < 1.29 is 13.9 Å². The number of carbonyl (C=O) groups is 1. The van der Waals surface area contributed by atoms with E-state index in [0.29, 0.717) is 13.7 Å². The van der Waals surface area contributed by atoms with Crippen molar-refractivity contribution >= 4 is 51.2 Å². The summed E-state index contributed by atoms with van der Waals surface area (Å²) in [4.78, 5) is 11.4. The number of ether oxygens (including phenoxy) is 1. The Morgan fingerprint density at radius 3 is 2.71 bits per heavy atom. The summed E-state index contributed by atoms with van der Waals surface area (Å²) in [6, 6.07) is 2.99. The molecule has 0 unspecified atom stereocenters. The van der Waals surface area contributed by atoms with Crippen molar-refractivity contribution in [3.05, 3.63) is 30.7 Å². The number of esters is 1. The maximum Gasteiger partial charge on any atom is 0.339 e. The predicted molar refractivity (Wildman–Crippen MR) is 67.8 cm³/mol. The van der Waals surface area contributed by atoms with Crippen LogP contribution < -0.4 is 0 Å². The molecule has 0 aliphatic rings. The number of rotatable bonds is 2. The molecule has 76 valence electrons. The molecule has 0 spiro atoms. The molecule has 0 atom stereocenters. The van der Waals surface area contributed by atoms with E-state index in [1.165, 1.54) is 6.07 Å². The Kier molecular flexibility index (Phi) is 4.55. The molecule has 0 heterocycles. The lowest BCUT2D eigenvalue weighted by Crippen LogP contribution is -2.08. The first-order valence-corrected chi connectivity index (χ1v) is 6.03. The minimum atomic E-state index is -0.477. The Morgan fingerprint density at radius 2 is 2.14 bits per heavy atom. The Bertz CT molecular complexity index is 366. The molecule has 0 bridgehead atoms. The summed E-state index contributed by atoms with van der Waals surface area (Å²) in [6.07, 6.45) is 0.